The number of H-pyrrole nitrogens is 1. The topological polar surface area (TPSA) is 135 Å². The highest BCUT2D eigenvalue weighted by molar-refractivity contribution is 5.81. The Kier molecular flexibility index (Phi) is 11.7. The zero-order chi connectivity index (χ0) is 29.9. The van der Waals surface area contributed by atoms with E-state index in [0.717, 1.165) is 89.2 Å². The number of rotatable bonds is 16. The normalized spacial score (nSPS) is 14.6. The van der Waals surface area contributed by atoms with E-state index in [2.05, 4.69) is 55.8 Å². The fourth-order valence-electron chi connectivity index (χ4n) is 5.26. The predicted octanol–water partition coefficient (Wildman–Crippen LogP) is 2.13. The number of ether oxygens (including phenoxy) is 2. The Balaban J connectivity index is 1.42. The first-order valence-corrected chi connectivity index (χ1v) is 15.0. The van der Waals surface area contributed by atoms with E-state index in [0.29, 0.717) is 24.3 Å². The maximum absolute atomic E-state index is 12.8. The Morgan fingerprint density at radius 1 is 1.07 bits per heavy atom. The van der Waals surface area contributed by atoms with Gasteiger partial charge in [0.1, 0.15) is 5.52 Å². The molecule has 3 aromatic rings. The van der Waals surface area contributed by atoms with Gasteiger partial charge in [-0.3, -0.25) is 14.3 Å². The number of nitrogens with zero attached hydrogens (tertiary/aromatic N) is 6. The van der Waals surface area contributed by atoms with Gasteiger partial charge in [0, 0.05) is 45.8 Å². The van der Waals surface area contributed by atoms with E-state index >= 15 is 0 Å². The van der Waals surface area contributed by atoms with Gasteiger partial charge in [0.05, 0.1) is 20.1 Å². The number of carbonyl (C=O) groups is 1. The third-order valence-electron chi connectivity index (χ3n) is 7.73. The number of aryl methyl sites for hydroxylation is 1. The van der Waals surface area contributed by atoms with Gasteiger partial charge in [0.2, 0.25) is 0 Å². The number of likely N-dealkylation sites (N-methyl/N-ethyl adjacent to an activating group) is 1. The van der Waals surface area contributed by atoms with Crippen LogP contribution in [0.2, 0.25) is 0 Å². The number of piperazine rings is 1. The summed E-state index contributed by atoms with van der Waals surface area (Å²) in [5, 5.41) is 0. The van der Waals surface area contributed by atoms with E-state index in [9.17, 15) is 9.59 Å². The summed E-state index contributed by atoms with van der Waals surface area (Å²) in [4.78, 5) is 43.5. The number of methoxy groups -OCH3 is 1. The molecule has 0 atom stereocenters. The van der Waals surface area contributed by atoms with Gasteiger partial charge in [-0.15, -0.1) is 0 Å². The number of aromatic amines is 1. The molecule has 12 heteroatoms. The van der Waals surface area contributed by atoms with Gasteiger partial charge < -0.3 is 30.0 Å². The van der Waals surface area contributed by atoms with E-state index in [1.54, 1.807) is 4.57 Å². The van der Waals surface area contributed by atoms with Crippen molar-refractivity contribution in [2.24, 2.45) is 0 Å². The third kappa shape index (κ3) is 9.01. The molecule has 0 amide bonds. The van der Waals surface area contributed by atoms with Gasteiger partial charge in [-0.1, -0.05) is 37.6 Å². The van der Waals surface area contributed by atoms with Crippen LogP contribution >= 0.6 is 0 Å². The van der Waals surface area contributed by atoms with E-state index in [-0.39, 0.29) is 29.9 Å². The van der Waals surface area contributed by atoms with E-state index in [4.69, 9.17) is 15.2 Å². The van der Waals surface area contributed by atoms with Crippen molar-refractivity contribution in [3.63, 3.8) is 0 Å². The van der Waals surface area contributed by atoms with Crippen LogP contribution in [0.3, 0.4) is 0 Å². The zero-order valence-electron chi connectivity index (χ0n) is 25.3. The molecule has 1 saturated heterocycles. The van der Waals surface area contributed by atoms with Crippen molar-refractivity contribution >= 4 is 23.0 Å². The van der Waals surface area contributed by atoms with Gasteiger partial charge in [-0.2, -0.15) is 9.97 Å². The molecule has 0 spiro atoms. The molecule has 230 valence electrons. The lowest BCUT2D eigenvalue weighted by Crippen LogP contribution is -2.45. The summed E-state index contributed by atoms with van der Waals surface area (Å²) in [6.07, 6.45) is 3.94. The number of nitrogen functional groups attached to an aromatic ring is 1. The fraction of sp³-hybridized carbons (Fsp3) is 0.600. The van der Waals surface area contributed by atoms with Crippen molar-refractivity contribution in [2.75, 3.05) is 72.3 Å². The van der Waals surface area contributed by atoms with Gasteiger partial charge in [0.25, 0.3) is 0 Å². The van der Waals surface area contributed by atoms with Crippen LogP contribution in [0.4, 0.5) is 5.82 Å². The van der Waals surface area contributed by atoms with Gasteiger partial charge in [0.15, 0.2) is 11.5 Å². The maximum Gasteiger partial charge on any atom is 0.327 e. The van der Waals surface area contributed by atoms with Crippen LogP contribution in [0.25, 0.3) is 11.2 Å². The first-order chi connectivity index (χ1) is 20.4. The summed E-state index contributed by atoms with van der Waals surface area (Å²) in [5.41, 5.74) is 8.86. The molecule has 0 bridgehead atoms. The highest BCUT2D eigenvalue weighted by Gasteiger charge is 2.17. The number of carbonyl (C=O) groups excluding carboxylic acids is 1. The smallest absolute Gasteiger partial charge is 0.327 e. The van der Waals surface area contributed by atoms with E-state index in [1.807, 2.05) is 12.1 Å². The largest absolute Gasteiger partial charge is 0.469 e. The summed E-state index contributed by atoms with van der Waals surface area (Å²) >= 11 is 0. The molecule has 4 rings (SSSR count). The number of hydrogen-bond donors (Lipinski definition) is 2. The van der Waals surface area contributed by atoms with Crippen LogP contribution in [0.5, 0.6) is 6.01 Å². The molecule has 0 radical (unpaired) electrons. The number of benzene rings is 1. The van der Waals surface area contributed by atoms with Crippen LogP contribution in [-0.2, 0) is 29.0 Å². The van der Waals surface area contributed by atoms with Crippen LogP contribution in [-0.4, -0.2) is 107 Å². The summed E-state index contributed by atoms with van der Waals surface area (Å²) in [5.74, 6) is -0.0385. The summed E-state index contributed by atoms with van der Waals surface area (Å²) < 4.78 is 12.1. The van der Waals surface area contributed by atoms with Crippen LogP contribution in [0.1, 0.15) is 43.7 Å². The van der Waals surface area contributed by atoms with Gasteiger partial charge in [-0.25, -0.2) is 4.79 Å². The average Bonchev–Trinajstić information content (AvgIpc) is 3.29. The Labute approximate surface area is 247 Å². The molecular weight excluding hydrogens is 536 g/mol. The Hall–Kier alpha value is -3.48. The average molecular weight is 583 g/mol. The highest BCUT2D eigenvalue weighted by Crippen LogP contribution is 2.18. The summed E-state index contributed by atoms with van der Waals surface area (Å²) in [7, 11) is 3.58. The minimum atomic E-state index is -0.256. The monoisotopic (exact) mass is 582 g/mol. The lowest BCUT2D eigenvalue weighted by atomic mass is 10.1. The van der Waals surface area contributed by atoms with Crippen molar-refractivity contribution in [2.45, 2.75) is 52.1 Å². The second kappa shape index (κ2) is 15.7. The first-order valence-electron chi connectivity index (χ1n) is 15.0. The molecule has 12 nitrogen and oxygen atoms in total. The molecular formula is C30H46N8O4. The standard InChI is InChI=1S/C30H46N8O4/c1-4-5-19-42-29-33-27(31)26-28(34-29)38(30(40)32-26)14-8-13-37(12-7-11-36-17-15-35(2)16-18-36)22-24-10-6-9-23(20-24)21-25(39)41-3/h6,9-10,20H,4-5,7-8,11-19,21-22H2,1-3H3,(H,32,40)(H2,31,33,34). The number of nitrogens with one attached hydrogen (secondary N) is 1. The van der Waals surface area contributed by atoms with Crippen LogP contribution < -0.4 is 16.2 Å². The molecule has 1 aliphatic heterocycles. The fourth-order valence-corrected chi connectivity index (χ4v) is 5.26. The highest BCUT2D eigenvalue weighted by atomic mass is 16.5. The molecule has 1 aromatic carbocycles. The number of unbranched alkanes of at least 4 members (excludes halogenated alkanes) is 1. The zero-order valence-corrected chi connectivity index (χ0v) is 25.3. The van der Waals surface area contributed by atoms with E-state index < -0.39 is 0 Å². The second-order valence-corrected chi connectivity index (χ2v) is 11.1. The molecule has 1 aliphatic rings. The Morgan fingerprint density at radius 3 is 2.55 bits per heavy atom. The number of anilines is 1. The quantitative estimate of drug-likeness (QED) is 0.191. The molecule has 3 heterocycles. The van der Waals surface area contributed by atoms with Gasteiger partial charge >= 0.3 is 17.7 Å². The number of fused-ring (bicyclic) bond motifs is 1. The molecule has 2 aromatic heterocycles. The minimum absolute atomic E-state index is 0.193. The molecule has 42 heavy (non-hydrogen) atoms. The van der Waals surface area contributed by atoms with Crippen molar-refractivity contribution < 1.29 is 14.3 Å². The van der Waals surface area contributed by atoms with Crippen LogP contribution in [0, 0.1) is 0 Å². The van der Waals surface area contributed by atoms with Crippen molar-refractivity contribution in [3.8, 4) is 6.01 Å². The van der Waals surface area contributed by atoms with Gasteiger partial charge in [-0.05, 0) is 50.5 Å². The third-order valence-corrected chi connectivity index (χ3v) is 7.73. The summed E-state index contributed by atoms with van der Waals surface area (Å²) in [6, 6.07) is 8.31. The first kappa shape index (κ1) is 31.5. The lowest BCUT2D eigenvalue weighted by molar-refractivity contribution is -0.139. The summed E-state index contributed by atoms with van der Waals surface area (Å²) in [6.45, 7) is 11.0. The molecule has 0 saturated carbocycles. The number of hydrogen-bond acceptors (Lipinski definition) is 10. The molecule has 0 aliphatic carbocycles. The molecule has 1 fully saturated rings. The Morgan fingerprint density at radius 2 is 1.81 bits per heavy atom. The van der Waals surface area contributed by atoms with E-state index in [1.165, 1.54) is 7.11 Å². The van der Waals surface area contributed by atoms with Crippen LogP contribution in [0.15, 0.2) is 29.1 Å². The molecule has 3 N–H and O–H groups in total. The number of imidazole rings is 1. The SMILES string of the molecule is CCCCOc1nc(N)c2[nH]c(=O)n(CCCN(CCCN3CCN(C)CC3)Cc3cccc(CC(=O)OC)c3)c2n1. The Bertz CT molecular complexity index is 1350. The predicted molar refractivity (Wildman–Crippen MR) is 164 cm³/mol. The molecule has 0 unspecified atom stereocenters. The second-order valence-electron chi connectivity index (χ2n) is 11.1. The maximum atomic E-state index is 12.8. The number of aromatic nitrogens is 4. The van der Waals surface area contributed by atoms with Crippen molar-refractivity contribution in [3.05, 3.63) is 45.9 Å². The lowest BCUT2D eigenvalue weighted by Gasteiger charge is -2.33. The number of nitrogens with two attached hydrogens (primary N) is 1. The van der Waals surface area contributed by atoms with Crippen molar-refractivity contribution in [1.82, 2.24) is 34.2 Å². The minimum Gasteiger partial charge on any atom is -0.469 e. The number of esters is 1. The van der Waals surface area contributed by atoms with Crippen molar-refractivity contribution in [1.29, 1.82) is 0 Å².